The van der Waals surface area contributed by atoms with E-state index in [0.29, 0.717) is 0 Å². The molecule has 0 radical (unpaired) electrons. The molecule has 0 bridgehead atoms. The van der Waals surface area contributed by atoms with Crippen LogP contribution in [-0.4, -0.2) is 28.8 Å². The van der Waals surface area contributed by atoms with Crippen molar-refractivity contribution in [2.75, 3.05) is 13.1 Å². The zero-order valence-corrected chi connectivity index (χ0v) is 12.9. The highest BCUT2D eigenvalue weighted by atomic mass is 127. The Bertz CT molecular complexity index is 410. The Morgan fingerprint density at radius 3 is 2.71 bits per heavy atom. The quantitative estimate of drug-likeness (QED) is 0.787. The molecule has 0 aromatic carbocycles. The molecule has 0 atom stereocenters. The van der Waals surface area contributed by atoms with Gasteiger partial charge in [0.05, 0.1) is 5.69 Å². The summed E-state index contributed by atoms with van der Waals surface area (Å²) in [5.41, 5.74) is 3.56. The highest BCUT2D eigenvalue weighted by Crippen LogP contribution is 2.11. The van der Waals surface area contributed by atoms with Gasteiger partial charge in [-0.1, -0.05) is 0 Å². The number of aryl methyl sites for hydroxylation is 2. The number of aromatic nitrogens is 2. The lowest BCUT2D eigenvalue weighted by molar-refractivity contribution is 0.699. The molecule has 1 aromatic rings. The minimum Gasteiger partial charge on any atom is -0.356 e. The summed E-state index contributed by atoms with van der Waals surface area (Å²) in [4.78, 5) is 4.38. The van der Waals surface area contributed by atoms with Crippen LogP contribution < -0.4 is 10.6 Å². The number of aliphatic imine (C=N–C) groups is 1. The van der Waals surface area contributed by atoms with E-state index in [0.717, 1.165) is 37.7 Å². The molecule has 2 heterocycles. The summed E-state index contributed by atoms with van der Waals surface area (Å²) in [6.07, 6.45) is 1.12. The van der Waals surface area contributed by atoms with Crippen LogP contribution in [0.3, 0.4) is 0 Å². The summed E-state index contributed by atoms with van der Waals surface area (Å²) in [5, 5.41) is 11.0. The zero-order chi connectivity index (χ0) is 11.5. The van der Waals surface area contributed by atoms with Crippen LogP contribution in [0.25, 0.3) is 0 Å². The fraction of sp³-hybridized carbons (Fsp3) is 0.636. The summed E-state index contributed by atoms with van der Waals surface area (Å²) in [6, 6.07) is 0. The predicted molar refractivity (Wildman–Crippen MR) is 79.9 cm³/mol. The maximum atomic E-state index is 4.39. The van der Waals surface area contributed by atoms with Gasteiger partial charge in [-0.25, -0.2) is 0 Å². The molecule has 17 heavy (non-hydrogen) atoms. The van der Waals surface area contributed by atoms with Crippen LogP contribution in [0, 0.1) is 13.8 Å². The van der Waals surface area contributed by atoms with Crippen LogP contribution in [-0.2, 0) is 13.6 Å². The van der Waals surface area contributed by atoms with Gasteiger partial charge in [-0.3, -0.25) is 9.67 Å². The van der Waals surface area contributed by atoms with E-state index < -0.39 is 0 Å². The molecule has 0 saturated carbocycles. The summed E-state index contributed by atoms with van der Waals surface area (Å²) < 4.78 is 1.92. The minimum atomic E-state index is 0. The van der Waals surface area contributed by atoms with Gasteiger partial charge in [0.1, 0.15) is 0 Å². The Kier molecular flexibility index (Phi) is 5.23. The van der Waals surface area contributed by atoms with Crippen molar-refractivity contribution in [3.8, 4) is 0 Å². The second-order valence-electron chi connectivity index (χ2n) is 4.14. The third-order valence-corrected chi connectivity index (χ3v) is 2.99. The zero-order valence-electron chi connectivity index (χ0n) is 10.6. The van der Waals surface area contributed by atoms with E-state index in [4.69, 9.17) is 0 Å². The normalized spacial score (nSPS) is 14.6. The average molecular weight is 349 g/mol. The van der Waals surface area contributed by atoms with Crippen LogP contribution in [0.4, 0.5) is 0 Å². The van der Waals surface area contributed by atoms with Crippen molar-refractivity contribution < 1.29 is 0 Å². The molecule has 0 saturated heterocycles. The van der Waals surface area contributed by atoms with E-state index in [1.807, 2.05) is 18.7 Å². The Morgan fingerprint density at radius 1 is 1.41 bits per heavy atom. The first-order valence-electron chi connectivity index (χ1n) is 5.69. The van der Waals surface area contributed by atoms with Crippen molar-refractivity contribution in [2.24, 2.45) is 12.0 Å². The molecule has 0 fully saturated rings. The number of halogens is 1. The SMILES string of the molecule is Cc1nn(C)c(C)c1CNC1=NCCCN1.I. The molecule has 0 unspecified atom stereocenters. The Morgan fingerprint density at radius 2 is 2.18 bits per heavy atom. The molecule has 1 aromatic heterocycles. The monoisotopic (exact) mass is 349 g/mol. The number of hydrogen-bond donors (Lipinski definition) is 2. The van der Waals surface area contributed by atoms with E-state index in [2.05, 4.69) is 27.6 Å². The first-order chi connectivity index (χ1) is 7.68. The lowest BCUT2D eigenvalue weighted by atomic mass is 10.2. The van der Waals surface area contributed by atoms with E-state index in [1.165, 1.54) is 11.3 Å². The van der Waals surface area contributed by atoms with Crippen LogP contribution in [0.5, 0.6) is 0 Å². The predicted octanol–water partition coefficient (Wildman–Crippen LogP) is 1.09. The number of nitrogens with zero attached hydrogens (tertiary/aromatic N) is 3. The van der Waals surface area contributed by atoms with Gasteiger partial charge in [-0.15, -0.1) is 24.0 Å². The maximum absolute atomic E-state index is 4.39. The van der Waals surface area contributed by atoms with E-state index in [1.54, 1.807) is 0 Å². The van der Waals surface area contributed by atoms with Crippen molar-refractivity contribution in [1.82, 2.24) is 20.4 Å². The number of rotatable bonds is 2. The molecule has 0 amide bonds. The topological polar surface area (TPSA) is 54.2 Å². The van der Waals surface area contributed by atoms with Gasteiger partial charge >= 0.3 is 0 Å². The molecule has 2 N–H and O–H groups in total. The van der Waals surface area contributed by atoms with Crippen LogP contribution in [0.2, 0.25) is 0 Å². The van der Waals surface area contributed by atoms with Crippen LogP contribution >= 0.6 is 24.0 Å². The van der Waals surface area contributed by atoms with E-state index >= 15 is 0 Å². The van der Waals surface area contributed by atoms with Crippen molar-refractivity contribution >= 4 is 29.9 Å². The summed E-state index contributed by atoms with van der Waals surface area (Å²) in [7, 11) is 1.97. The maximum Gasteiger partial charge on any atom is 0.191 e. The molecular weight excluding hydrogens is 329 g/mol. The van der Waals surface area contributed by atoms with Crippen molar-refractivity contribution in [2.45, 2.75) is 26.8 Å². The molecule has 1 aliphatic rings. The van der Waals surface area contributed by atoms with Gasteiger partial charge in [-0.05, 0) is 20.3 Å². The largest absolute Gasteiger partial charge is 0.356 e. The minimum absolute atomic E-state index is 0. The van der Waals surface area contributed by atoms with Crippen molar-refractivity contribution in [1.29, 1.82) is 0 Å². The lowest BCUT2D eigenvalue weighted by Gasteiger charge is -2.16. The molecule has 0 spiro atoms. The number of guanidine groups is 1. The van der Waals surface area contributed by atoms with Gasteiger partial charge in [0.15, 0.2) is 5.96 Å². The summed E-state index contributed by atoms with van der Waals surface area (Å²) in [6.45, 7) is 6.85. The fourth-order valence-corrected chi connectivity index (χ4v) is 1.90. The number of hydrogen-bond acceptors (Lipinski definition) is 4. The third kappa shape index (κ3) is 3.34. The van der Waals surface area contributed by atoms with Gasteiger partial charge in [0.25, 0.3) is 0 Å². The van der Waals surface area contributed by atoms with Crippen molar-refractivity contribution in [3.05, 3.63) is 17.0 Å². The van der Waals surface area contributed by atoms with Crippen LogP contribution in [0.15, 0.2) is 4.99 Å². The van der Waals surface area contributed by atoms with Gasteiger partial charge in [0.2, 0.25) is 0 Å². The second kappa shape index (κ2) is 6.23. The lowest BCUT2D eigenvalue weighted by Crippen LogP contribution is -2.40. The summed E-state index contributed by atoms with van der Waals surface area (Å²) in [5.74, 6) is 0.911. The molecule has 5 nitrogen and oxygen atoms in total. The van der Waals surface area contributed by atoms with E-state index in [-0.39, 0.29) is 24.0 Å². The number of nitrogens with one attached hydrogen (secondary N) is 2. The first kappa shape index (κ1) is 14.3. The fourth-order valence-electron chi connectivity index (χ4n) is 1.90. The van der Waals surface area contributed by atoms with Crippen LogP contribution in [0.1, 0.15) is 23.4 Å². The molecular formula is C11H20IN5. The Labute approximate surface area is 119 Å². The highest BCUT2D eigenvalue weighted by Gasteiger charge is 2.10. The molecule has 1 aliphatic heterocycles. The average Bonchev–Trinajstić information content (AvgIpc) is 2.53. The van der Waals surface area contributed by atoms with E-state index in [9.17, 15) is 0 Å². The summed E-state index contributed by atoms with van der Waals surface area (Å²) >= 11 is 0. The highest BCUT2D eigenvalue weighted by molar-refractivity contribution is 14.0. The second-order valence-corrected chi connectivity index (χ2v) is 4.14. The Hall–Kier alpha value is -0.790. The molecule has 0 aliphatic carbocycles. The molecule has 96 valence electrons. The molecule has 6 heteroatoms. The standard InChI is InChI=1S/C11H19N5.HI/c1-8-10(9(2)16(3)15-8)7-14-11-12-5-4-6-13-11;/h4-7H2,1-3H3,(H2,12,13,14);1H. The van der Waals surface area contributed by atoms with Gasteiger partial charge in [0, 0.05) is 37.9 Å². The molecule has 2 rings (SSSR count). The van der Waals surface area contributed by atoms with Gasteiger partial charge < -0.3 is 10.6 Å². The first-order valence-corrected chi connectivity index (χ1v) is 5.69. The van der Waals surface area contributed by atoms with Crippen molar-refractivity contribution in [3.63, 3.8) is 0 Å². The Balaban J connectivity index is 0.00000144. The van der Waals surface area contributed by atoms with Gasteiger partial charge in [-0.2, -0.15) is 5.10 Å². The smallest absolute Gasteiger partial charge is 0.191 e. The third-order valence-electron chi connectivity index (χ3n) is 2.99.